The lowest BCUT2D eigenvalue weighted by atomic mass is 9.86. The number of benzene rings is 1. The number of aryl methyl sites for hydroxylation is 1. The number of carbonyl (C=O) groups is 1. The van der Waals surface area contributed by atoms with Crippen LogP contribution in [-0.2, 0) is 24.8 Å². The van der Waals surface area contributed by atoms with Gasteiger partial charge in [0.05, 0.1) is 19.4 Å². The van der Waals surface area contributed by atoms with Crippen molar-refractivity contribution in [3.63, 3.8) is 0 Å². The maximum atomic E-state index is 12.4. The van der Waals surface area contributed by atoms with Gasteiger partial charge in [-0.2, -0.15) is 4.80 Å². The molecule has 1 aromatic carbocycles. The van der Waals surface area contributed by atoms with E-state index in [0.717, 1.165) is 12.1 Å². The van der Waals surface area contributed by atoms with Crippen molar-refractivity contribution in [1.82, 2.24) is 25.5 Å². The van der Waals surface area contributed by atoms with Crippen molar-refractivity contribution in [2.45, 2.75) is 18.9 Å². The molecule has 0 radical (unpaired) electrons. The molecule has 1 aliphatic rings. The lowest BCUT2D eigenvalue weighted by molar-refractivity contribution is -0.120. The summed E-state index contributed by atoms with van der Waals surface area (Å²) in [5.41, 5.74) is 2.31. The van der Waals surface area contributed by atoms with Crippen LogP contribution in [0.25, 0.3) is 0 Å². The molecule has 1 unspecified atom stereocenters. The molecule has 2 aromatic rings. The van der Waals surface area contributed by atoms with E-state index in [0.29, 0.717) is 12.4 Å². The zero-order valence-corrected chi connectivity index (χ0v) is 10.7. The quantitative estimate of drug-likeness (QED) is 0.851. The predicted octanol–water partition coefficient (Wildman–Crippen LogP) is 0.209. The maximum Gasteiger partial charge on any atom is 0.182 e. The molecule has 98 valence electrons. The second-order valence-corrected chi connectivity index (χ2v) is 4.72. The number of hydrogen-bond acceptors (Lipinski definition) is 5. The highest BCUT2D eigenvalue weighted by Crippen LogP contribution is 2.25. The summed E-state index contributed by atoms with van der Waals surface area (Å²) >= 11 is 0. The zero-order valence-electron chi connectivity index (χ0n) is 10.7. The van der Waals surface area contributed by atoms with Gasteiger partial charge in [-0.1, -0.05) is 24.3 Å². The number of ketones is 1. The molecular formula is C13H15N5O. The van der Waals surface area contributed by atoms with Crippen LogP contribution in [0.3, 0.4) is 0 Å². The minimum Gasteiger partial charge on any atom is -0.312 e. The van der Waals surface area contributed by atoms with Gasteiger partial charge in [0.25, 0.3) is 0 Å². The molecule has 6 nitrogen and oxygen atoms in total. The highest BCUT2D eigenvalue weighted by molar-refractivity contribution is 5.88. The number of rotatable bonds is 3. The van der Waals surface area contributed by atoms with Gasteiger partial charge in [0.15, 0.2) is 5.82 Å². The first-order chi connectivity index (χ1) is 9.24. The van der Waals surface area contributed by atoms with Gasteiger partial charge in [0.1, 0.15) is 5.78 Å². The second-order valence-electron chi connectivity index (χ2n) is 4.72. The van der Waals surface area contributed by atoms with Crippen LogP contribution in [-0.4, -0.2) is 32.5 Å². The molecule has 0 amide bonds. The third kappa shape index (κ3) is 2.39. The number of hydrogen-bond donors (Lipinski definition) is 1. The molecule has 0 aliphatic carbocycles. The number of Topliss-reactive ketones (excluding diaryl/α,β-unsaturated/α-hetero) is 1. The van der Waals surface area contributed by atoms with Crippen LogP contribution in [0.4, 0.5) is 0 Å². The first kappa shape index (κ1) is 12.0. The predicted molar refractivity (Wildman–Crippen MR) is 68.4 cm³/mol. The molecule has 3 rings (SSSR count). The van der Waals surface area contributed by atoms with Gasteiger partial charge in [0, 0.05) is 13.1 Å². The molecule has 0 saturated heterocycles. The van der Waals surface area contributed by atoms with Crippen molar-refractivity contribution in [3.05, 3.63) is 41.2 Å². The summed E-state index contributed by atoms with van der Waals surface area (Å²) in [5.74, 6) is 0.497. The second kappa shape index (κ2) is 4.89. The third-order valence-electron chi connectivity index (χ3n) is 3.37. The third-order valence-corrected chi connectivity index (χ3v) is 3.37. The van der Waals surface area contributed by atoms with E-state index in [-0.39, 0.29) is 18.1 Å². The molecule has 2 heterocycles. The average molecular weight is 257 g/mol. The molecule has 1 N–H and O–H groups in total. The van der Waals surface area contributed by atoms with Crippen LogP contribution in [0.15, 0.2) is 24.3 Å². The Hall–Kier alpha value is -2.08. The van der Waals surface area contributed by atoms with Crippen LogP contribution in [0.5, 0.6) is 0 Å². The topological polar surface area (TPSA) is 72.7 Å². The van der Waals surface area contributed by atoms with Gasteiger partial charge in [-0.25, -0.2) is 0 Å². The number of nitrogens with one attached hydrogen (secondary N) is 1. The van der Waals surface area contributed by atoms with Crippen LogP contribution >= 0.6 is 0 Å². The van der Waals surface area contributed by atoms with Gasteiger partial charge >= 0.3 is 0 Å². The fourth-order valence-corrected chi connectivity index (χ4v) is 2.46. The van der Waals surface area contributed by atoms with E-state index in [1.54, 1.807) is 7.05 Å². The SMILES string of the molecule is Cn1nnc(CC(=O)C2CNCc3ccccc32)n1. The minimum atomic E-state index is -0.117. The molecule has 6 heteroatoms. The van der Waals surface area contributed by atoms with Crippen LogP contribution in [0, 0.1) is 0 Å². The van der Waals surface area contributed by atoms with Crippen LogP contribution in [0.2, 0.25) is 0 Å². The van der Waals surface area contributed by atoms with E-state index in [4.69, 9.17) is 0 Å². The van der Waals surface area contributed by atoms with Gasteiger partial charge in [-0.05, 0) is 16.3 Å². The maximum absolute atomic E-state index is 12.4. The summed E-state index contributed by atoms with van der Waals surface area (Å²) < 4.78 is 0. The Morgan fingerprint density at radius 3 is 3.11 bits per heavy atom. The van der Waals surface area contributed by atoms with Crippen LogP contribution < -0.4 is 5.32 Å². The highest BCUT2D eigenvalue weighted by atomic mass is 16.1. The summed E-state index contributed by atoms with van der Waals surface area (Å²) in [6.45, 7) is 1.50. The Morgan fingerprint density at radius 1 is 1.47 bits per heavy atom. The van der Waals surface area contributed by atoms with E-state index < -0.39 is 0 Å². The first-order valence-corrected chi connectivity index (χ1v) is 6.28. The summed E-state index contributed by atoms with van der Waals surface area (Å²) in [7, 11) is 1.69. The van der Waals surface area contributed by atoms with Crippen molar-refractivity contribution < 1.29 is 4.79 Å². The number of carbonyl (C=O) groups excluding carboxylic acids is 1. The zero-order chi connectivity index (χ0) is 13.2. The van der Waals surface area contributed by atoms with Gasteiger partial charge in [0.2, 0.25) is 0 Å². The molecular weight excluding hydrogens is 242 g/mol. The highest BCUT2D eigenvalue weighted by Gasteiger charge is 2.26. The molecule has 0 fully saturated rings. The van der Waals surface area contributed by atoms with E-state index in [9.17, 15) is 4.79 Å². The Kier molecular flexibility index (Phi) is 3.08. The van der Waals surface area contributed by atoms with E-state index in [1.165, 1.54) is 10.4 Å². The molecule has 19 heavy (non-hydrogen) atoms. The Morgan fingerprint density at radius 2 is 2.32 bits per heavy atom. The number of fused-ring (bicyclic) bond motifs is 1. The van der Waals surface area contributed by atoms with Crippen molar-refractivity contribution >= 4 is 5.78 Å². The number of nitrogens with zero attached hydrogens (tertiary/aromatic N) is 4. The van der Waals surface area contributed by atoms with E-state index in [2.05, 4.69) is 26.8 Å². The molecule has 1 aliphatic heterocycles. The van der Waals surface area contributed by atoms with Crippen molar-refractivity contribution in [1.29, 1.82) is 0 Å². The summed E-state index contributed by atoms with van der Waals surface area (Å²) in [5, 5.41) is 14.9. The minimum absolute atomic E-state index is 0.117. The normalized spacial score (nSPS) is 18.1. The molecule has 0 saturated carbocycles. The molecule has 0 bridgehead atoms. The lowest BCUT2D eigenvalue weighted by Crippen LogP contribution is -2.33. The van der Waals surface area contributed by atoms with Crippen LogP contribution in [0.1, 0.15) is 22.9 Å². The van der Waals surface area contributed by atoms with Gasteiger partial charge in [-0.3, -0.25) is 4.79 Å². The van der Waals surface area contributed by atoms with E-state index in [1.807, 2.05) is 18.2 Å². The smallest absolute Gasteiger partial charge is 0.182 e. The standard InChI is InChI=1S/C13H15N5O/c1-18-16-13(15-17-18)6-12(19)11-8-14-7-9-4-2-3-5-10(9)11/h2-5,11,14H,6-8H2,1H3. The molecule has 1 aromatic heterocycles. The lowest BCUT2D eigenvalue weighted by Gasteiger charge is -2.24. The van der Waals surface area contributed by atoms with Crippen molar-refractivity contribution in [3.8, 4) is 0 Å². The average Bonchev–Trinajstić information content (AvgIpc) is 2.83. The fourth-order valence-electron chi connectivity index (χ4n) is 2.46. The van der Waals surface area contributed by atoms with E-state index >= 15 is 0 Å². The number of tetrazole rings is 1. The van der Waals surface area contributed by atoms with Crippen molar-refractivity contribution in [2.75, 3.05) is 6.54 Å². The Labute approximate surface area is 110 Å². The molecule has 0 spiro atoms. The molecule has 1 atom stereocenters. The summed E-state index contributed by atoms with van der Waals surface area (Å²) in [6.07, 6.45) is 0.231. The van der Waals surface area contributed by atoms with Gasteiger partial charge in [-0.15, -0.1) is 10.2 Å². The van der Waals surface area contributed by atoms with Crippen molar-refractivity contribution in [2.24, 2.45) is 7.05 Å². The van der Waals surface area contributed by atoms with Gasteiger partial charge < -0.3 is 5.32 Å². The summed E-state index contributed by atoms with van der Waals surface area (Å²) in [6, 6.07) is 8.06. The number of aromatic nitrogens is 4. The first-order valence-electron chi connectivity index (χ1n) is 6.28. The monoisotopic (exact) mass is 257 g/mol. The summed E-state index contributed by atoms with van der Waals surface area (Å²) in [4.78, 5) is 13.8. The Bertz CT molecular complexity index is 607. The fraction of sp³-hybridized carbons (Fsp3) is 0.385. The largest absolute Gasteiger partial charge is 0.312 e. The Balaban J connectivity index is 1.81.